The van der Waals surface area contributed by atoms with E-state index in [2.05, 4.69) is 21.2 Å². The van der Waals surface area contributed by atoms with Gasteiger partial charge in [-0.15, -0.1) is 11.8 Å². The molecule has 0 aliphatic carbocycles. The minimum absolute atomic E-state index is 0.0803. The van der Waals surface area contributed by atoms with Crippen molar-refractivity contribution in [3.8, 4) is 0 Å². The molecule has 0 spiro atoms. The second kappa shape index (κ2) is 11.3. The zero-order chi connectivity index (χ0) is 17.0. The first kappa shape index (κ1) is 20.7. The van der Waals surface area contributed by atoms with Crippen LogP contribution in [0.1, 0.15) is 32.3 Å². The molecular weight excluding hydrogens is 318 g/mol. The second-order valence-corrected chi connectivity index (χ2v) is 6.49. The first-order valence-electron chi connectivity index (χ1n) is 7.01. The molecule has 22 heavy (non-hydrogen) atoms. The Labute approximate surface area is 138 Å². The van der Waals surface area contributed by atoms with Gasteiger partial charge in [0.2, 0.25) is 0 Å². The number of nitrogens with one attached hydrogen (secondary N) is 2. The lowest BCUT2D eigenvalue weighted by Crippen LogP contribution is -2.35. The molecule has 124 valence electrons. The molecule has 1 aromatic carbocycles. The minimum atomic E-state index is -3.56. The molecule has 5 nitrogen and oxygen atoms in total. The van der Waals surface area contributed by atoms with Crippen molar-refractivity contribution in [2.75, 3.05) is 12.8 Å². The van der Waals surface area contributed by atoms with Crippen LogP contribution in [0.5, 0.6) is 0 Å². The lowest BCUT2D eigenvalue weighted by Gasteiger charge is -2.16. The summed E-state index contributed by atoms with van der Waals surface area (Å²) in [5, 5.41) is 0. The summed E-state index contributed by atoms with van der Waals surface area (Å²) in [6.07, 6.45) is 4.49. The predicted octanol–water partition coefficient (Wildman–Crippen LogP) is 3.13. The molecule has 0 radical (unpaired) electrons. The Hall–Kier alpha value is -1.31. The fourth-order valence-corrected chi connectivity index (χ4v) is 3.14. The number of rotatable bonds is 8. The average molecular weight is 344 g/mol. The molecule has 1 rings (SSSR count). The number of hydrogen-bond donors (Lipinski definition) is 2. The van der Waals surface area contributed by atoms with Crippen molar-refractivity contribution >= 4 is 28.7 Å². The fraction of sp³-hybridized carbons (Fsp3) is 0.400. The molecule has 7 heteroatoms. The topological polar surface area (TPSA) is 70.6 Å². The lowest BCUT2D eigenvalue weighted by atomic mass is 10.0. The van der Waals surface area contributed by atoms with Crippen LogP contribution in [0.3, 0.4) is 0 Å². The monoisotopic (exact) mass is 343 g/mol. The van der Waals surface area contributed by atoms with E-state index in [-0.39, 0.29) is 5.92 Å². The van der Waals surface area contributed by atoms with Crippen LogP contribution >= 0.6 is 11.8 Å². The first-order chi connectivity index (χ1) is 10.5. The lowest BCUT2D eigenvalue weighted by molar-refractivity contribution is 0.568. The molecule has 0 aliphatic heterocycles. The van der Waals surface area contributed by atoms with Gasteiger partial charge in [0, 0.05) is 23.8 Å². The summed E-state index contributed by atoms with van der Waals surface area (Å²) >= 11 is 1.65. The standard InChI is InChI=1S/C13H19N3O2S2.C2H6/c1-11(12-6-4-5-7-13(12)19-3)10-16-20(17,18)15-9-8-14-2;1-2/h4-9,11,15-16H,2,10H2,1,3H3;1-2H3/b9-8-;. The molecule has 0 bridgehead atoms. The molecule has 2 N–H and O–H groups in total. The van der Waals surface area contributed by atoms with Gasteiger partial charge in [0.15, 0.2) is 0 Å². The Morgan fingerprint density at radius 2 is 2.00 bits per heavy atom. The summed E-state index contributed by atoms with van der Waals surface area (Å²) in [6, 6.07) is 7.97. The molecule has 0 saturated carbocycles. The Kier molecular flexibility index (Phi) is 10.6. The van der Waals surface area contributed by atoms with E-state index < -0.39 is 10.2 Å². The third-order valence-corrected chi connectivity index (χ3v) is 4.46. The van der Waals surface area contributed by atoms with E-state index in [0.29, 0.717) is 6.54 Å². The first-order valence-corrected chi connectivity index (χ1v) is 9.71. The average Bonchev–Trinajstić information content (AvgIpc) is 2.54. The second-order valence-electron chi connectivity index (χ2n) is 4.11. The maximum Gasteiger partial charge on any atom is 0.298 e. The van der Waals surface area contributed by atoms with Crippen molar-refractivity contribution in [3.63, 3.8) is 0 Å². The highest BCUT2D eigenvalue weighted by atomic mass is 32.2. The smallest absolute Gasteiger partial charge is 0.276 e. The van der Waals surface area contributed by atoms with Gasteiger partial charge < -0.3 is 0 Å². The van der Waals surface area contributed by atoms with Gasteiger partial charge in [0.25, 0.3) is 10.2 Å². The molecule has 1 atom stereocenters. The van der Waals surface area contributed by atoms with Crippen molar-refractivity contribution in [1.82, 2.24) is 9.44 Å². The van der Waals surface area contributed by atoms with Gasteiger partial charge in [-0.25, -0.2) is 0 Å². The Bertz CT molecular complexity index is 572. The number of benzene rings is 1. The van der Waals surface area contributed by atoms with Gasteiger partial charge in [0.1, 0.15) is 0 Å². The number of nitrogens with zero attached hydrogens (tertiary/aromatic N) is 1. The largest absolute Gasteiger partial charge is 0.298 e. The molecule has 1 unspecified atom stereocenters. The van der Waals surface area contributed by atoms with Crippen molar-refractivity contribution in [1.29, 1.82) is 0 Å². The summed E-state index contributed by atoms with van der Waals surface area (Å²) < 4.78 is 28.1. The van der Waals surface area contributed by atoms with Crippen molar-refractivity contribution in [2.45, 2.75) is 31.6 Å². The minimum Gasteiger partial charge on any atom is -0.276 e. The maximum absolute atomic E-state index is 11.7. The van der Waals surface area contributed by atoms with Crippen molar-refractivity contribution < 1.29 is 8.42 Å². The van der Waals surface area contributed by atoms with Crippen molar-refractivity contribution in [2.24, 2.45) is 4.99 Å². The van der Waals surface area contributed by atoms with Gasteiger partial charge in [-0.1, -0.05) is 39.0 Å². The van der Waals surface area contributed by atoms with E-state index in [4.69, 9.17) is 0 Å². The van der Waals surface area contributed by atoms with E-state index in [0.717, 1.165) is 10.5 Å². The summed E-state index contributed by atoms with van der Waals surface area (Å²) in [7, 11) is -3.56. The quantitative estimate of drug-likeness (QED) is 0.563. The predicted molar refractivity (Wildman–Crippen MR) is 96.7 cm³/mol. The van der Waals surface area contributed by atoms with Crippen LogP contribution in [-0.4, -0.2) is 27.9 Å². The summed E-state index contributed by atoms with van der Waals surface area (Å²) in [5.74, 6) is 0.0803. The summed E-state index contributed by atoms with van der Waals surface area (Å²) in [6.45, 7) is 9.53. The third-order valence-electron chi connectivity index (χ3n) is 2.65. The number of hydrogen-bond acceptors (Lipinski definition) is 4. The molecular formula is C15H25N3O2S2. The van der Waals surface area contributed by atoms with Crippen LogP contribution in [-0.2, 0) is 10.2 Å². The summed E-state index contributed by atoms with van der Waals surface area (Å²) in [5.41, 5.74) is 1.13. The SMILES string of the molecule is C=N/C=C\NS(=O)(=O)NCC(C)c1ccccc1SC.CC. The molecule has 0 aromatic heterocycles. The Morgan fingerprint density at radius 3 is 2.59 bits per heavy atom. The van der Waals surface area contributed by atoms with E-state index in [1.807, 2.05) is 51.3 Å². The van der Waals surface area contributed by atoms with Crippen LogP contribution in [0, 0.1) is 0 Å². The van der Waals surface area contributed by atoms with Gasteiger partial charge in [-0.3, -0.25) is 9.71 Å². The van der Waals surface area contributed by atoms with Crippen LogP contribution in [0.15, 0.2) is 46.6 Å². The van der Waals surface area contributed by atoms with Gasteiger partial charge in [-0.05, 0) is 30.5 Å². The van der Waals surface area contributed by atoms with E-state index in [9.17, 15) is 8.42 Å². The molecule has 0 amide bonds. The number of aliphatic imine (C=N–C) groups is 1. The molecule has 0 saturated heterocycles. The zero-order valence-corrected chi connectivity index (χ0v) is 15.2. The van der Waals surface area contributed by atoms with Gasteiger partial charge in [0.05, 0.1) is 0 Å². The van der Waals surface area contributed by atoms with Crippen LogP contribution in [0.4, 0.5) is 0 Å². The highest BCUT2D eigenvalue weighted by molar-refractivity contribution is 7.98. The highest BCUT2D eigenvalue weighted by Crippen LogP contribution is 2.26. The third kappa shape index (κ3) is 7.63. The zero-order valence-electron chi connectivity index (χ0n) is 13.5. The van der Waals surface area contributed by atoms with Crippen LogP contribution in [0.25, 0.3) is 0 Å². The van der Waals surface area contributed by atoms with E-state index in [1.165, 1.54) is 12.4 Å². The maximum atomic E-state index is 11.7. The Morgan fingerprint density at radius 1 is 1.36 bits per heavy atom. The summed E-state index contributed by atoms with van der Waals surface area (Å²) in [4.78, 5) is 4.57. The molecule has 1 aromatic rings. The fourth-order valence-electron chi connectivity index (χ4n) is 1.63. The number of thioether (sulfide) groups is 1. The molecule has 0 aliphatic rings. The molecule has 0 heterocycles. The van der Waals surface area contributed by atoms with Gasteiger partial charge in [-0.2, -0.15) is 13.1 Å². The Balaban J connectivity index is 0.00000211. The normalized spacial score (nSPS) is 12.4. The van der Waals surface area contributed by atoms with Crippen LogP contribution < -0.4 is 9.44 Å². The molecule has 0 fully saturated rings. The van der Waals surface area contributed by atoms with Crippen LogP contribution in [0.2, 0.25) is 0 Å². The highest BCUT2D eigenvalue weighted by Gasteiger charge is 2.13. The van der Waals surface area contributed by atoms with E-state index >= 15 is 0 Å². The van der Waals surface area contributed by atoms with Crippen molar-refractivity contribution in [3.05, 3.63) is 42.2 Å². The van der Waals surface area contributed by atoms with Gasteiger partial charge >= 0.3 is 0 Å². The van der Waals surface area contributed by atoms with E-state index in [1.54, 1.807) is 11.8 Å².